The number of carboxylic acids is 1. The molecule has 0 aliphatic heterocycles. The zero-order valence-corrected chi connectivity index (χ0v) is 11.5. The fraction of sp³-hybridized carbons (Fsp3) is 0.467. The van der Waals surface area contributed by atoms with Crippen LogP contribution in [0.1, 0.15) is 59.2 Å². The van der Waals surface area contributed by atoms with E-state index in [2.05, 4.69) is 0 Å². The van der Waals surface area contributed by atoms with Crippen molar-refractivity contribution >= 4 is 11.8 Å². The third-order valence-corrected chi connectivity index (χ3v) is 3.17. The van der Waals surface area contributed by atoms with Crippen LogP contribution in [0.3, 0.4) is 0 Å². The van der Waals surface area contributed by atoms with Gasteiger partial charge in [-0.3, -0.25) is 4.79 Å². The number of para-hydroxylation sites is 1. The van der Waals surface area contributed by atoms with E-state index in [1.807, 2.05) is 0 Å². The first-order valence-corrected chi connectivity index (χ1v) is 6.86. The molecule has 1 rings (SSSR count). The highest BCUT2D eigenvalue weighted by Crippen LogP contribution is 2.24. The van der Waals surface area contributed by atoms with Crippen molar-refractivity contribution in [1.29, 1.82) is 0 Å². The summed E-state index contributed by atoms with van der Waals surface area (Å²) in [5.41, 5.74) is 5.25. The number of Topliss-reactive ketones (excluding diaryl/α,β-unsaturated/α-hetero) is 1. The molecule has 0 saturated heterocycles. The first-order chi connectivity index (χ1) is 9.57. The molecule has 0 heterocycles. The molecule has 110 valence electrons. The summed E-state index contributed by atoms with van der Waals surface area (Å²) in [6.45, 7) is 0.689. The van der Waals surface area contributed by atoms with Crippen LogP contribution in [-0.2, 0) is 0 Å². The number of phenols is 1. The Morgan fingerprint density at radius 3 is 2.25 bits per heavy atom. The van der Waals surface area contributed by atoms with Crippen LogP contribution >= 0.6 is 0 Å². The first-order valence-electron chi connectivity index (χ1n) is 6.86. The quantitative estimate of drug-likeness (QED) is 0.476. The van der Waals surface area contributed by atoms with E-state index >= 15 is 0 Å². The molecule has 0 spiro atoms. The molecule has 0 bridgehead atoms. The predicted octanol–water partition coefficient (Wildman–Crippen LogP) is 2.57. The highest BCUT2D eigenvalue weighted by atomic mass is 16.4. The summed E-state index contributed by atoms with van der Waals surface area (Å²) in [7, 11) is 0. The average Bonchev–Trinajstić information content (AvgIpc) is 2.42. The van der Waals surface area contributed by atoms with E-state index in [1.54, 1.807) is 0 Å². The van der Waals surface area contributed by atoms with Crippen LogP contribution in [0.5, 0.6) is 5.75 Å². The maximum Gasteiger partial charge on any atom is 0.339 e. The molecule has 0 atom stereocenters. The maximum atomic E-state index is 12.0. The van der Waals surface area contributed by atoms with Gasteiger partial charge in [0.2, 0.25) is 0 Å². The zero-order valence-electron chi connectivity index (χ0n) is 11.5. The lowest BCUT2D eigenvalue weighted by atomic mass is 10.0. The second-order valence-corrected chi connectivity index (χ2v) is 4.74. The van der Waals surface area contributed by atoms with Crippen molar-refractivity contribution in [3.05, 3.63) is 29.3 Å². The minimum absolute atomic E-state index is 0.0897. The number of hydrogen-bond acceptors (Lipinski definition) is 4. The number of carbonyl (C=O) groups excluding carboxylic acids is 1. The van der Waals surface area contributed by atoms with Gasteiger partial charge in [-0.05, 0) is 31.5 Å². The second kappa shape index (κ2) is 8.32. The Kier molecular flexibility index (Phi) is 6.73. The van der Waals surface area contributed by atoms with E-state index < -0.39 is 11.7 Å². The second-order valence-electron chi connectivity index (χ2n) is 4.74. The summed E-state index contributed by atoms with van der Waals surface area (Å²) in [6.07, 6.45) is 5.08. The van der Waals surface area contributed by atoms with Gasteiger partial charge in [0, 0.05) is 6.42 Å². The van der Waals surface area contributed by atoms with E-state index in [1.165, 1.54) is 18.2 Å². The molecule has 1 aromatic carbocycles. The van der Waals surface area contributed by atoms with Crippen LogP contribution < -0.4 is 5.73 Å². The predicted molar refractivity (Wildman–Crippen MR) is 76.2 cm³/mol. The Morgan fingerprint density at radius 1 is 1.00 bits per heavy atom. The number of nitrogens with two attached hydrogens (primary N) is 1. The molecule has 0 fully saturated rings. The molecule has 4 N–H and O–H groups in total. The number of carboxylic acid groups (broad SMARTS) is 1. The Labute approximate surface area is 118 Å². The van der Waals surface area contributed by atoms with Gasteiger partial charge in [0.15, 0.2) is 5.78 Å². The van der Waals surface area contributed by atoms with Gasteiger partial charge in [0.05, 0.1) is 5.56 Å². The van der Waals surface area contributed by atoms with Crippen LogP contribution in [0, 0.1) is 0 Å². The van der Waals surface area contributed by atoms with Gasteiger partial charge < -0.3 is 15.9 Å². The van der Waals surface area contributed by atoms with Gasteiger partial charge in [-0.25, -0.2) is 4.79 Å². The molecule has 5 heteroatoms. The number of ketones is 1. The molecular weight excluding hydrogens is 258 g/mol. The highest BCUT2D eigenvalue weighted by molar-refractivity contribution is 6.02. The topological polar surface area (TPSA) is 101 Å². The van der Waals surface area contributed by atoms with Crippen molar-refractivity contribution in [2.75, 3.05) is 6.54 Å². The normalized spacial score (nSPS) is 10.4. The van der Waals surface area contributed by atoms with E-state index in [0.29, 0.717) is 13.0 Å². The number of unbranched alkanes of at least 4 members (excludes halogenated alkanes) is 4. The summed E-state index contributed by atoms with van der Waals surface area (Å²) in [5.74, 6) is -1.89. The molecule has 0 saturated carbocycles. The van der Waals surface area contributed by atoms with Crippen molar-refractivity contribution in [2.24, 2.45) is 5.73 Å². The summed E-state index contributed by atoms with van der Waals surface area (Å²) in [4.78, 5) is 22.8. The highest BCUT2D eigenvalue weighted by Gasteiger charge is 2.17. The monoisotopic (exact) mass is 279 g/mol. The SMILES string of the molecule is NCCCCCCCC(=O)c1cccc(C(=O)O)c1O. The molecule has 0 radical (unpaired) electrons. The van der Waals surface area contributed by atoms with Crippen molar-refractivity contribution in [2.45, 2.75) is 38.5 Å². The Morgan fingerprint density at radius 2 is 1.60 bits per heavy atom. The van der Waals surface area contributed by atoms with Crippen LogP contribution in [-0.4, -0.2) is 28.5 Å². The van der Waals surface area contributed by atoms with Crippen LogP contribution in [0.4, 0.5) is 0 Å². The van der Waals surface area contributed by atoms with Crippen molar-refractivity contribution in [1.82, 2.24) is 0 Å². The van der Waals surface area contributed by atoms with E-state index in [0.717, 1.165) is 32.1 Å². The number of hydrogen-bond donors (Lipinski definition) is 3. The smallest absolute Gasteiger partial charge is 0.339 e. The fourth-order valence-electron chi connectivity index (χ4n) is 2.04. The molecular formula is C15H21NO4. The fourth-order valence-corrected chi connectivity index (χ4v) is 2.04. The van der Waals surface area contributed by atoms with Crippen LogP contribution in [0.25, 0.3) is 0 Å². The molecule has 20 heavy (non-hydrogen) atoms. The van der Waals surface area contributed by atoms with Gasteiger partial charge in [-0.1, -0.05) is 25.3 Å². The molecule has 0 aliphatic carbocycles. The van der Waals surface area contributed by atoms with Crippen molar-refractivity contribution < 1.29 is 19.8 Å². The Hall–Kier alpha value is -1.88. The summed E-state index contributed by atoms with van der Waals surface area (Å²) >= 11 is 0. The molecule has 0 unspecified atom stereocenters. The number of rotatable bonds is 9. The van der Waals surface area contributed by atoms with E-state index in [9.17, 15) is 14.7 Å². The average molecular weight is 279 g/mol. The molecule has 1 aromatic rings. The van der Waals surface area contributed by atoms with Crippen molar-refractivity contribution in [3.8, 4) is 5.75 Å². The number of aromatic hydroxyl groups is 1. The lowest BCUT2D eigenvalue weighted by Gasteiger charge is -2.06. The number of benzene rings is 1. The Bertz CT molecular complexity index is 471. The molecule has 0 aromatic heterocycles. The zero-order chi connectivity index (χ0) is 15.0. The van der Waals surface area contributed by atoms with Crippen LogP contribution in [0.15, 0.2) is 18.2 Å². The molecule has 5 nitrogen and oxygen atoms in total. The summed E-state index contributed by atoms with van der Waals surface area (Å²) in [6, 6.07) is 4.21. The lowest BCUT2D eigenvalue weighted by Crippen LogP contribution is -2.04. The van der Waals surface area contributed by atoms with Gasteiger partial charge >= 0.3 is 5.97 Å². The third-order valence-electron chi connectivity index (χ3n) is 3.17. The maximum absolute atomic E-state index is 12.0. The summed E-state index contributed by atoms with van der Waals surface area (Å²) in [5, 5.41) is 18.7. The van der Waals surface area contributed by atoms with Crippen LogP contribution in [0.2, 0.25) is 0 Å². The van der Waals surface area contributed by atoms with Gasteiger partial charge in [-0.15, -0.1) is 0 Å². The van der Waals surface area contributed by atoms with Gasteiger partial charge in [-0.2, -0.15) is 0 Å². The first kappa shape index (κ1) is 16.2. The minimum Gasteiger partial charge on any atom is -0.506 e. The number of carbonyl (C=O) groups is 2. The molecule has 0 amide bonds. The van der Waals surface area contributed by atoms with E-state index in [-0.39, 0.29) is 16.9 Å². The van der Waals surface area contributed by atoms with Gasteiger partial charge in [0.25, 0.3) is 0 Å². The van der Waals surface area contributed by atoms with Crippen molar-refractivity contribution in [3.63, 3.8) is 0 Å². The minimum atomic E-state index is -1.24. The van der Waals surface area contributed by atoms with Gasteiger partial charge in [0.1, 0.15) is 11.3 Å². The third kappa shape index (κ3) is 4.66. The summed E-state index contributed by atoms with van der Waals surface area (Å²) < 4.78 is 0. The molecule has 0 aliphatic rings. The largest absolute Gasteiger partial charge is 0.506 e. The lowest BCUT2D eigenvalue weighted by molar-refractivity contribution is 0.0693. The standard InChI is InChI=1S/C15H21NO4/c16-10-5-3-1-2-4-9-13(17)11-7-6-8-12(14(11)18)15(19)20/h6-8,18H,1-5,9-10,16H2,(H,19,20). The Balaban J connectivity index is 2.52. The van der Waals surface area contributed by atoms with E-state index in [4.69, 9.17) is 10.8 Å². The number of aromatic carboxylic acids is 1.